The molecule has 0 radical (unpaired) electrons. The van der Waals surface area contributed by atoms with Crippen molar-refractivity contribution in [2.75, 3.05) is 27.2 Å². The molecule has 1 aliphatic carbocycles. The maximum atomic E-state index is 4.30. The van der Waals surface area contributed by atoms with Crippen LogP contribution in [0.3, 0.4) is 0 Å². The minimum absolute atomic E-state index is 0.406. The molecule has 1 aromatic rings. The minimum atomic E-state index is 0.406. The summed E-state index contributed by atoms with van der Waals surface area (Å²) in [5.41, 5.74) is 3.55. The van der Waals surface area contributed by atoms with Crippen LogP contribution in [0.25, 0.3) is 0 Å². The lowest BCUT2D eigenvalue weighted by molar-refractivity contribution is 0.154. The Bertz CT molecular complexity index is 367. The van der Waals surface area contributed by atoms with Gasteiger partial charge in [0.1, 0.15) is 0 Å². The summed E-state index contributed by atoms with van der Waals surface area (Å²) in [6.07, 6.45) is 6.56. The summed E-state index contributed by atoms with van der Waals surface area (Å²) in [6.45, 7) is 4.29. The van der Waals surface area contributed by atoms with Crippen molar-refractivity contribution in [1.29, 1.82) is 0 Å². The van der Waals surface area contributed by atoms with Crippen molar-refractivity contribution < 1.29 is 0 Å². The monoisotopic (exact) mass is 267 g/mol. The van der Waals surface area contributed by atoms with Gasteiger partial charge in [-0.2, -0.15) is 0 Å². The first-order chi connectivity index (χ1) is 8.64. The van der Waals surface area contributed by atoms with E-state index in [0.29, 0.717) is 5.54 Å². The molecule has 1 aliphatic rings. The first-order valence-corrected chi connectivity index (χ1v) is 7.79. The molecule has 2 rings (SSSR count). The van der Waals surface area contributed by atoms with Gasteiger partial charge < -0.3 is 10.2 Å². The fraction of sp³-hybridized carbons (Fsp3) is 0.786. The van der Waals surface area contributed by atoms with Crippen molar-refractivity contribution >= 4 is 11.3 Å². The van der Waals surface area contributed by atoms with E-state index in [1.807, 2.05) is 5.51 Å². The lowest BCUT2D eigenvalue weighted by atomic mass is 9.96. The lowest BCUT2D eigenvalue weighted by Crippen LogP contribution is -2.49. The number of aryl methyl sites for hydroxylation is 1. The molecule has 0 aliphatic heterocycles. The van der Waals surface area contributed by atoms with Crippen LogP contribution >= 0.6 is 11.3 Å². The highest BCUT2D eigenvalue weighted by atomic mass is 32.1. The first kappa shape index (κ1) is 14.0. The average Bonchev–Trinajstić information content (AvgIpc) is 2.95. The summed E-state index contributed by atoms with van der Waals surface area (Å²) in [5.74, 6) is 0. The molecule has 1 heterocycles. The maximum Gasteiger partial charge on any atom is 0.0797 e. The van der Waals surface area contributed by atoms with E-state index in [-0.39, 0.29) is 0 Å². The van der Waals surface area contributed by atoms with Crippen LogP contribution < -0.4 is 5.32 Å². The van der Waals surface area contributed by atoms with Gasteiger partial charge in [0.05, 0.1) is 11.2 Å². The van der Waals surface area contributed by atoms with E-state index >= 15 is 0 Å². The lowest BCUT2D eigenvalue weighted by Gasteiger charge is -2.36. The van der Waals surface area contributed by atoms with E-state index in [0.717, 1.165) is 19.5 Å². The number of likely N-dealkylation sites (N-methyl/N-ethyl adjacent to an activating group) is 1. The molecule has 1 fully saturated rings. The van der Waals surface area contributed by atoms with Gasteiger partial charge in [0, 0.05) is 23.5 Å². The van der Waals surface area contributed by atoms with Gasteiger partial charge in [-0.3, -0.25) is 0 Å². The van der Waals surface area contributed by atoms with E-state index < -0.39 is 0 Å². The summed E-state index contributed by atoms with van der Waals surface area (Å²) in [5, 5.41) is 3.65. The van der Waals surface area contributed by atoms with Crippen molar-refractivity contribution in [3.8, 4) is 0 Å². The van der Waals surface area contributed by atoms with Gasteiger partial charge >= 0.3 is 0 Å². The molecular formula is C14H25N3S. The third-order valence-corrected chi connectivity index (χ3v) is 5.31. The Morgan fingerprint density at radius 1 is 1.39 bits per heavy atom. The zero-order chi connectivity index (χ0) is 13.0. The second kappa shape index (κ2) is 6.13. The van der Waals surface area contributed by atoms with Crippen LogP contribution in [0, 0.1) is 6.92 Å². The van der Waals surface area contributed by atoms with Gasteiger partial charge in [0.15, 0.2) is 0 Å². The number of thiazole rings is 1. The molecule has 0 spiro atoms. The van der Waals surface area contributed by atoms with Crippen LogP contribution in [0.5, 0.6) is 0 Å². The average molecular weight is 267 g/mol. The molecule has 0 bridgehead atoms. The van der Waals surface area contributed by atoms with Gasteiger partial charge in [0.2, 0.25) is 0 Å². The fourth-order valence-electron chi connectivity index (χ4n) is 2.90. The molecule has 1 aromatic heterocycles. The molecule has 0 amide bonds. The standard InChI is InChI=1S/C14H25N3S/c1-12-13(18-11-16-12)6-9-15-10-14(17(2)3)7-4-5-8-14/h11,15H,4-10H2,1-3H3. The summed E-state index contributed by atoms with van der Waals surface area (Å²) in [6, 6.07) is 0. The maximum absolute atomic E-state index is 4.30. The highest BCUT2D eigenvalue weighted by Gasteiger charge is 2.35. The summed E-state index contributed by atoms with van der Waals surface area (Å²) in [4.78, 5) is 8.14. The van der Waals surface area contributed by atoms with Crippen LogP contribution in [-0.4, -0.2) is 42.6 Å². The number of hydrogen-bond donors (Lipinski definition) is 1. The smallest absolute Gasteiger partial charge is 0.0797 e. The number of nitrogens with one attached hydrogen (secondary N) is 1. The predicted octanol–water partition coefficient (Wildman–Crippen LogP) is 2.46. The number of hydrogen-bond acceptors (Lipinski definition) is 4. The molecule has 3 nitrogen and oxygen atoms in total. The van der Waals surface area contributed by atoms with Crippen LogP contribution in [0.2, 0.25) is 0 Å². The molecule has 0 saturated heterocycles. The Morgan fingerprint density at radius 3 is 2.67 bits per heavy atom. The summed E-state index contributed by atoms with van der Waals surface area (Å²) >= 11 is 1.78. The molecule has 1 N–H and O–H groups in total. The van der Waals surface area contributed by atoms with Crippen LogP contribution in [-0.2, 0) is 6.42 Å². The van der Waals surface area contributed by atoms with Crippen LogP contribution in [0.15, 0.2) is 5.51 Å². The van der Waals surface area contributed by atoms with Crippen LogP contribution in [0.4, 0.5) is 0 Å². The second-order valence-corrected chi connectivity index (χ2v) is 6.55. The number of nitrogens with zero attached hydrogens (tertiary/aromatic N) is 2. The molecule has 0 aromatic carbocycles. The Hall–Kier alpha value is -0.450. The fourth-order valence-corrected chi connectivity index (χ4v) is 3.69. The third kappa shape index (κ3) is 3.11. The van der Waals surface area contributed by atoms with Crippen LogP contribution in [0.1, 0.15) is 36.3 Å². The summed E-state index contributed by atoms with van der Waals surface area (Å²) in [7, 11) is 4.45. The molecule has 1 saturated carbocycles. The highest BCUT2D eigenvalue weighted by Crippen LogP contribution is 2.33. The van der Waals surface area contributed by atoms with E-state index in [9.17, 15) is 0 Å². The minimum Gasteiger partial charge on any atom is -0.315 e. The SMILES string of the molecule is Cc1ncsc1CCNCC1(N(C)C)CCCC1. The van der Waals surface area contributed by atoms with Gasteiger partial charge in [0.25, 0.3) is 0 Å². The molecule has 102 valence electrons. The van der Waals surface area contributed by atoms with E-state index in [1.54, 1.807) is 11.3 Å². The van der Waals surface area contributed by atoms with E-state index in [1.165, 1.54) is 36.3 Å². The molecule has 0 unspecified atom stereocenters. The van der Waals surface area contributed by atoms with Gasteiger partial charge in [-0.15, -0.1) is 11.3 Å². The Kier molecular flexibility index (Phi) is 4.76. The van der Waals surface area contributed by atoms with Crippen molar-refractivity contribution in [2.24, 2.45) is 0 Å². The summed E-state index contributed by atoms with van der Waals surface area (Å²) < 4.78 is 0. The van der Waals surface area contributed by atoms with Gasteiger partial charge in [-0.25, -0.2) is 4.98 Å². The van der Waals surface area contributed by atoms with Gasteiger partial charge in [-0.1, -0.05) is 12.8 Å². The van der Waals surface area contributed by atoms with Crippen molar-refractivity contribution in [3.05, 3.63) is 16.1 Å². The number of aromatic nitrogens is 1. The van der Waals surface area contributed by atoms with E-state index in [4.69, 9.17) is 0 Å². The second-order valence-electron chi connectivity index (χ2n) is 5.61. The zero-order valence-corrected chi connectivity index (χ0v) is 12.6. The Balaban J connectivity index is 1.76. The Morgan fingerprint density at radius 2 is 2.11 bits per heavy atom. The zero-order valence-electron chi connectivity index (χ0n) is 11.8. The normalized spacial score (nSPS) is 18.7. The van der Waals surface area contributed by atoms with Crippen molar-refractivity contribution in [2.45, 2.75) is 44.6 Å². The first-order valence-electron chi connectivity index (χ1n) is 6.91. The molecule has 18 heavy (non-hydrogen) atoms. The third-order valence-electron chi connectivity index (χ3n) is 4.31. The van der Waals surface area contributed by atoms with Crippen molar-refractivity contribution in [3.63, 3.8) is 0 Å². The molecular weight excluding hydrogens is 242 g/mol. The quantitative estimate of drug-likeness (QED) is 0.803. The topological polar surface area (TPSA) is 28.2 Å². The van der Waals surface area contributed by atoms with E-state index in [2.05, 4.69) is 36.2 Å². The van der Waals surface area contributed by atoms with Gasteiger partial charge in [-0.05, 0) is 40.3 Å². The largest absolute Gasteiger partial charge is 0.315 e. The van der Waals surface area contributed by atoms with Crippen molar-refractivity contribution in [1.82, 2.24) is 15.2 Å². The number of rotatable bonds is 6. The highest BCUT2D eigenvalue weighted by molar-refractivity contribution is 7.09. The molecule has 0 atom stereocenters. The predicted molar refractivity (Wildman–Crippen MR) is 78.3 cm³/mol. The Labute approximate surface area is 115 Å². The molecule has 4 heteroatoms.